The van der Waals surface area contributed by atoms with Crippen molar-refractivity contribution >= 4 is 12.0 Å². The molecule has 0 bridgehead atoms. The molecule has 1 aliphatic heterocycles. The van der Waals surface area contributed by atoms with Crippen molar-refractivity contribution in [3.05, 3.63) is 0 Å². The van der Waals surface area contributed by atoms with E-state index in [-0.39, 0.29) is 25.3 Å². The Morgan fingerprint density at radius 3 is 2.74 bits per heavy atom. The molecule has 0 aromatic heterocycles. The van der Waals surface area contributed by atoms with Crippen molar-refractivity contribution < 1.29 is 24.2 Å². The molecule has 7 nitrogen and oxygen atoms in total. The summed E-state index contributed by atoms with van der Waals surface area (Å²) in [6.07, 6.45) is 0. The van der Waals surface area contributed by atoms with Crippen LogP contribution in [0.5, 0.6) is 0 Å². The fourth-order valence-corrected chi connectivity index (χ4v) is 2.20. The standard InChI is InChI=1S/C12H22N2O5/c1-4-14(12(17)13-8(2)5-18-3)10-7-19-6-9(10)11(15)16/h8-10H,4-7H2,1-3H3,(H,13,17)(H,15,16). The van der Waals surface area contributed by atoms with Crippen LogP contribution in [0, 0.1) is 5.92 Å². The average Bonchev–Trinajstić information content (AvgIpc) is 2.79. The summed E-state index contributed by atoms with van der Waals surface area (Å²) in [5.41, 5.74) is 0. The Bertz CT molecular complexity index is 323. The highest BCUT2D eigenvalue weighted by molar-refractivity contribution is 5.77. The number of nitrogens with one attached hydrogen (secondary N) is 1. The van der Waals surface area contributed by atoms with Crippen molar-refractivity contribution in [2.45, 2.75) is 25.9 Å². The van der Waals surface area contributed by atoms with Gasteiger partial charge in [0, 0.05) is 13.7 Å². The maximum absolute atomic E-state index is 12.1. The van der Waals surface area contributed by atoms with Crippen molar-refractivity contribution in [1.29, 1.82) is 0 Å². The normalized spacial score (nSPS) is 23.9. The van der Waals surface area contributed by atoms with Gasteiger partial charge in [-0.05, 0) is 13.8 Å². The van der Waals surface area contributed by atoms with Crippen LogP contribution < -0.4 is 5.32 Å². The Morgan fingerprint density at radius 2 is 2.21 bits per heavy atom. The van der Waals surface area contributed by atoms with E-state index in [4.69, 9.17) is 14.6 Å². The maximum atomic E-state index is 12.1. The molecule has 0 spiro atoms. The van der Waals surface area contributed by atoms with E-state index in [2.05, 4.69) is 5.32 Å². The van der Waals surface area contributed by atoms with E-state index in [0.717, 1.165) is 0 Å². The third-order valence-corrected chi connectivity index (χ3v) is 3.16. The molecule has 1 fully saturated rings. The van der Waals surface area contributed by atoms with E-state index in [1.54, 1.807) is 7.11 Å². The van der Waals surface area contributed by atoms with E-state index < -0.39 is 17.9 Å². The first-order chi connectivity index (χ1) is 9.01. The lowest BCUT2D eigenvalue weighted by Crippen LogP contribution is -2.52. The Morgan fingerprint density at radius 1 is 1.53 bits per heavy atom. The summed E-state index contributed by atoms with van der Waals surface area (Å²) >= 11 is 0. The van der Waals surface area contributed by atoms with E-state index in [1.165, 1.54) is 4.90 Å². The molecule has 19 heavy (non-hydrogen) atoms. The molecule has 1 saturated heterocycles. The van der Waals surface area contributed by atoms with Gasteiger partial charge in [-0.2, -0.15) is 0 Å². The number of likely N-dealkylation sites (N-methyl/N-ethyl adjacent to an activating group) is 1. The van der Waals surface area contributed by atoms with Crippen LogP contribution in [0.15, 0.2) is 0 Å². The van der Waals surface area contributed by atoms with Crippen molar-refractivity contribution in [2.75, 3.05) is 33.5 Å². The van der Waals surface area contributed by atoms with Crippen LogP contribution in [-0.4, -0.2) is 67.6 Å². The highest BCUT2D eigenvalue weighted by Gasteiger charge is 2.39. The highest BCUT2D eigenvalue weighted by Crippen LogP contribution is 2.20. The monoisotopic (exact) mass is 274 g/mol. The number of rotatable bonds is 6. The minimum atomic E-state index is -0.932. The molecule has 0 aliphatic carbocycles. The third-order valence-electron chi connectivity index (χ3n) is 3.16. The summed E-state index contributed by atoms with van der Waals surface area (Å²) < 4.78 is 10.1. The van der Waals surface area contributed by atoms with E-state index in [9.17, 15) is 9.59 Å². The smallest absolute Gasteiger partial charge is 0.318 e. The average molecular weight is 274 g/mol. The second-order valence-corrected chi connectivity index (χ2v) is 4.64. The first-order valence-electron chi connectivity index (χ1n) is 6.37. The molecule has 3 atom stereocenters. The zero-order chi connectivity index (χ0) is 14.4. The van der Waals surface area contributed by atoms with E-state index in [0.29, 0.717) is 13.2 Å². The number of amides is 2. The zero-order valence-corrected chi connectivity index (χ0v) is 11.6. The van der Waals surface area contributed by atoms with Crippen molar-refractivity contribution in [2.24, 2.45) is 5.92 Å². The number of urea groups is 1. The summed E-state index contributed by atoms with van der Waals surface area (Å²) in [6, 6.07) is -0.830. The van der Waals surface area contributed by atoms with Gasteiger partial charge in [0.25, 0.3) is 0 Å². The first-order valence-corrected chi connectivity index (χ1v) is 6.37. The molecule has 1 rings (SSSR count). The van der Waals surface area contributed by atoms with Gasteiger partial charge in [-0.25, -0.2) is 4.79 Å². The second kappa shape index (κ2) is 7.30. The van der Waals surface area contributed by atoms with Crippen LogP contribution in [0.4, 0.5) is 4.79 Å². The number of carboxylic acids is 1. The molecule has 2 amide bonds. The minimum Gasteiger partial charge on any atom is -0.481 e. The molecule has 0 radical (unpaired) electrons. The SMILES string of the molecule is CCN(C(=O)NC(C)COC)C1COCC1C(=O)O. The molecular weight excluding hydrogens is 252 g/mol. The summed E-state index contributed by atoms with van der Waals surface area (Å²) in [5, 5.41) is 11.9. The molecule has 7 heteroatoms. The quantitative estimate of drug-likeness (QED) is 0.720. The molecule has 1 heterocycles. The highest BCUT2D eigenvalue weighted by atomic mass is 16.5. The van der Waals surface area contributed by atoms with Crippen LogP contribution in [0.25, 0.3) is 0 Å². The van der Waals surface area contributed by atoms with Gasteiger partial charge in [-0.3, -0.25) is 4.79 Å². The Hall–Kier alpha value is -1.34. The number of carbonyl (C=O) groups is 2. The number of carboxylic acid groups (broad SMARTS) is 1. The lowest BCUT2D eigenvalue weighted by atomic mass is 10.0. The number of methoxy groups -OCH3 is 1. The summed E-state index contributed by atoms with van der Waals surface area (Å²) in [7, 11) is 1.56. The number of nitrogens with zero attached hydrogens (tertiary/aromatic N) is 1. The van der Waals surface area contributed by atoms with Gasteiger partial charge in [-0.15, -0.1) is 0 Å². The van der Waals surface area contributed by atoms with Crippen molar-refractivity contribution in [1.82, 2.24) is 10.2 Å². The van der Waals surface area contributed by atoms with Crippen molar-refractivity contribution in [3.8, 4) is 0 Å². The number of ether oxygens (including phenoxy) is 2. The molecule has 1 aliphatic rings. The molecule has 110 valence electrons. The second-order valence-electron chi connectivity index (χ2n) is 4.64. The topological polar surface area (TPSA) is 88.1 Å². The Kier molecular flexibility index (Phi) is 6.04. The number of hydrogen-bond acceptors (Lipinski definition) is 4. The molecule has 0 aromatic rings. The summed E-state index contributed by atoms with van der Waals surface area (Å²) in [6.45, 7) is 4.90. The molecular formula is C12H22N2O5. The van der Waals surface area contributed by atoms with Gasteiger partial charge < -0.3 is 24.8 Å². The molecule has 0 aromatic carbocycles. The predicted octanol–water partition coefficient (Wildman–Crippen LogP) is 0.152. The van der Waals surface area contributed by atoms with Crippen molar-refractivity contribution in [3.63, 3.8) is 0 Å². The largest absolute Gasteiger partial charge is 0.481 e. The van der Waals surface area contributed by atoms with Gasteiger partial charge in [-0.1, -0.05) is 0 Å². The fourth-order valence-electron chi connectivity index (χ4n) is 2.20. The van der Waals surface area contributed by atoms with Crippen LogP contribution in [0.1, 0.15) is 13.8 Å². The van der Waals surface area contributed by atoms with Crippen LogP contribution in [0.3, 0.4) is 0 Å². The number of hydrogen-bond donors (Lipinski definition) is 2. The van der Waals surface area contributed by atoms with Gasteiger partial charge in [0.2, 0.25) is 0 Å². The molecule has 3 unspecified atom stereocenters. The first kappa shape index (κ1) is 15.7. The lowest BCUT2D eigenvalue weighted by molar-refractivity contribution is -0.142. The molecule has 2 N–H and O–H groups in total. The Balaban J connectivity index is 2.66. The summed E-state index contributed by atoms with van der Waals surface area (Å²) in [5.74, 6) is -1.60. The van der Waals surface area contributed by atoms with E-state index in [1.807, 2.05) is 13.8 Å². The maximum Gasteiger partial charge on any atom is 0.318 e. The van der Waals surface area contributed by atoms with Crippen LogP contribution in [0.2, 0.25) is 0 Å². The lowest BCUT2D eigenvalue weighted by Gasteiger charge is -2.30. The predicted molar refractivity (Wildman–Crippen MR) is 68.0 cm³/mol. The van der Waals surface area contributed by atoms with Crippen LogP contribution in [-0.2, 0) is 14.3 Å². The Labute approximate surface area is 112 Å². The minimum absolute atomic E-state index is 0.128. The summed E-state index contributed by atoms with van der Waals surface area (Å²) in [4.78, 5) is 24.8. The van der Waals surface area contributed by atoms with Gasteiger partial charge in [0.1, 0.15) is 5.92 Å². The van der Waals surface area contributed by atoms with Crippen LogP contribution >= 0.6 is 0 Å². The third kappa shape index (κ3) is 4.07. The van der Waals surface area contributed by atoms with E-state index >= 15 is 0 Å². The number of aliphatic carboxylic acids is 1. The fraction of sp³-hybridized carbons (Fsp3) is 0.833. The van der Waals surface area contributed by atoms with Gasteiger partial charge in [0.05, 0.1) is 31.9 Å². The van der Waals surface area contributed by atoms with Gasteiger partial charge >= 0.3 is 12.0 Å². The number of carbonyl (C=O) groups excluding carboxylic acids is 1. The molecule has 0 saturated carbocycles. The van der Waals surface area contributed by atoms with Gasteiger partial charge in [0.15, 0.2) is 0 Å². The zero-order valence-electron chi connectivity index (χ0n) is 11.6.